The molecule has 1 aliphatic heterocycles. The molecule has 6 nitrogen and oxygen atoms in total. The van der Waals surface area contributed by atoms with Gasteiger partial charge in [-0.1, -0.05) is 53.8 Å². The van der Waals surface area contributed by atoms with Crippen LogP contribution in [0.3, 0.4) is 0 Å². The van der Waals surface area contributed by atoms with E-state index in [9.17, 15) is 9.59 Å². The van der Waals surface area contributed by atoms with Crippen LogP contribution >= 0.6 is 11.3 Å². The molecule has 0 amide bonds. The van der Waals surface area contributed by atoms with Crippen LogP contribution in [0.1, 0.15) is 43.5 Å². The van der Waals surface area contributed by atoms with Crippen molar-refractivity contribution >= 4 is 23.4 Å². The number of carbonyl (C=O) groups is 1. The number of esters is 1. The molecule has 4 rings (SSSR count). The summed E-state index contributed by atoms with van der Waals surface area (Å²) in [6.07, 6.45) is 1.55. The third-order valence-electron chi connectivity index (χ3n) is 5.43. The quantitative estimate of drug-likeness (QED) is 0.544. The summed E-state index contributed by atoms with van der Waals surface area (Å²) < 4.78 is 13.1. The van der Waals surface area contributed by atoms with Crippen LogP contribution in [0.4, 0.5) is 0 Å². The van der Waals surface area contributed by atoms with Crippen LogP contribution in [0, 0.1) is 6.92 Å². The molecule has 33 heavy (non-hydrogen) atoms. The van der Waals surface area contributed by atoms with Gasteiger partial charge in [-0.3, -0.25) is 9.36 Å². The number of nitrogens with zero attached hydrogens (tertiary/aromatic N) is 2. The Balaban J connectivity index is 1.92. The lowest BCUT2D eigenvalue weighted by Crippen LogP contribution is -2.40. The van der Waals surface area contributed by atoms with Crippen LogP contribution in [-0.4, -0.2) is 23.8 Å². The minimum Gasteiger partial charge on any atom is -0.496 e. The minimum atomic E-state index is -0.608. The first-order valence-corrected chi connectivity index (χ1v) is 11.5. The van der Waals surface area contributed by atoms with Crippen molar-refractivity contribution in [1.29, 1.82) is 0 Å². The van der Waals surface area contributed by atoms with Crippen LogP contribution in [0.25, 0.3) is 6.08 Å². The number of thiazole rings is 1. The number of hydrogen-bond donors (Lipinski definition) is 0. The van der Waals surface area contributed by atoms with Gasteiger partial charge in [0.1, 0.15) is 5.75 Å². The van der Waals surface area contributed by atoms with Crippen LogP contribution in [-0.2, 0) is 9.53 Å². The van der Waals surface area contributed by atoms with Crippen molar-refractivity contribution in [3.63, 3.8) is 0 Å². The van der Waals surface area contributed by atoms with E-state index in [1.54, 1.807) is 32.4 Å². The summed E-state index contributed by atoms with van der Waals surface area (Å²) in [6.45, 7) is 7.36. The molecule has 0 bridgehead atoms. The Labute approximate surface area is 196 Å². The summed E-state index contributed by atoms with van der Waals surface area (Å²) in [5, 5.41) is 0. The van der Waals surface area contributed by atoms with E-state index in [2.05, 4.69) is 4.99 Å². The maximum absolute atomic E-state index is 13.6. The third kappa shape index (κ3) is 4.41. The van der Waals surface area contributed by atoms with E-state index in [1.165, 1.54) is 11.3 Å². The first-order valence-electron chi connectivity index (χ1n) is 10.7. The fraction of sp³-hybridized carbons (Fsp3) is 0.269. The fourth-order valence-corrected chi connectivity index (χ4v) is 4.94. The molecule has 170 valence electrons. The smallest absolute Gasteiger partial charge is 0.338 e. The van der Waals surface area contributed by atoms with E-state index >= 15 is 0 Å². The summed E-state index contributed by atoms with van der Waals surface area (Å²) in [6, 6.07) is 14.7. The summed E-state index contributed by atoms with van der Waals surface area (Å²) >= 11 is 1.31. The molecule has 0 aliphatic carbocycles. The van der Waals surface area contributed by atoms with Crippen LogP contribution < -0.4 is 19.6 Å². The number of benzene rings is 2. The number of carbonyl (C=O) groups excluding carboxylic acids is 1. The molecule has 0 fully saturated rings. The number of fused-ring (bicyclic) bond motifs is 1. The Bertz CT molecular complexity index is 1410. The molecule has 3 aromatic rings. The number of aryl methyl sites for hydroxylation is 1. The van der Waals surface area contributed by atoms with Crippen molar-refractivity contribution in [2.45, 2.75) is 39.8 Å². The number of rotatable bonds is 5. The average molecular weight is 463 g/mol. The maximum atomic E-state index is 13.6. The highest BCUT2D eigenvalue weighted by atomic mass is 32.1. The van der Waals surface area contributed by atoms with Crippen molar-refractivity contribution in [2.75, 3.05) is 7.11 Å². The Hall–Kier alpha value is -3.45. The predicted molar refractivity (Wildman–Crippen MR) is 129 cm³/mol. The molecule has 7 heteroatoms. The molecular weight excluding hydrogens is 436 g/mol. The largest absolute Gasteiger partial charge is 0.496 e. The highest BCUT2D eigenvalue weighted by Crippen LogP contribution is 2.30. The Morgan fingerprint density at radius 2 is 1.88 bits per heavy atom. The molecule has 0 saturated heterocycles. The molecule has 0 N–H and O–H groups in total. The SMILES string of the molecule is COc1cc(C=c2sc3n(c2=O)C(c2ccccc2)C(C(=O)OC(C)C)=C(C)N=3)ccc1C. The van der Waals surface area contributed by atoms with Crippen molar-refractivity contribution < 1.29 is 14.3 Å². The first-order chi connectivity index (χ1) is 15.8. The lowest BCUT2D eigenvalue weighted by atomic mass is 9.96. The van der Waals surface area contributed by atoms with Gasteiger partial charge in [0.2, 0.25) is 0 Å². The van der Waals surface area contributed by atoms with Gasteiger partial charge in [-0.25, -0.2) is 9.79 Å². The molecule has 0 saturated carbocycles. The molecule has 2 heterocycles. The van der Waals surface area contributed by atoms with E-state index in [0.717, 1.165) is 22.4 Å². The lowest BCUT2D eigenvalue weighted by molar-refractivity contribution is -0.143. The van der Waals surface area contributed by atoms with E-state index in [4.69, 9.17) is 9.47 Å². The van der Waals surface area contributed by atoms with Gasteiger partial charge < -0.3 is 9.47 Å². The second-order valence-electron chi connectivity index (χ2n) is 8.18. The van der Waals surface area contributed by atoms with Crippen LogP contribution in [0.15, 0.2) is 69.6 Å². The van der Waals surface area contributed by atoms with Crippen LogP contribution in [0.5, 0.6) is 5.75 Å². The van der Waals surface area contributed by atoms with Gasteiger partial charge >= 0.3 is 5.97 Å². The molecule has 0 radical (unpaired) electrons. The van der Waals surface area contributed by atoms with E-state index in [0.29, 0.717) is 20.6 Å². The van der Waals surface area contributed by atoms with Crippen LogP contribution in [0.2, 0.25) is 0 Å². The van der Waals surface area contributed by atoms with Crippen molar-refractivity contribution in [3.05, 3.63) is 96.2 Å². The normalized spacial score (nSPS) is 15.9. The molecular formula is C26H26N2O4S. The number of ether oxygens (including phenoxy) is 2. The summed E-state index contributed by atoms with van der Waals surface area (Å²) in [5.41, 5.74) is 3.44. The maximum Gasteiger partial charge on any atom is 0.338 e. The Morgan fingerprint density at radius 1 is 1.15 bits per heavy atom. The van der Waals surface area contributed by atoms with Gasteiger partial charge in [0.05, 0.1) is 35.1 Å². The van der Waals surface area contributed by atoms with E-state index < -0.39 is 12.0 Å². The van der Waals surface area contributed by atoms with Crippen molar-refractivity contribution in [1.82, 2.24) is 4.57 Å². The number of methoxy groups -OCH3 is 1. The van der Waals surface area contributed by atoms with Crippen molar-refractivity contribution in [3.8, 4) is 5.75 Å². The molecule has 1 atom stereocenters. The highest BCUT2D eigenvalue weighted by Gasteiger charge is 2.33. The first kappa shape index (κ1) is 22.7. The third-order valence-corrected chi connectivity index (χ3v) is 6.41. The summed E-state index contributed by atoms with van der Waals surface area (Å²) in [5.74, 6) is 0.297. The minimum absolute atomic E-state index is 0.200. The summed E-state index contributed by atoms with van der Waals surface area (Å²) in [4.78, 5) is 31.8. The topological polar surface area (TPSA) is 69.9 Å². The molecule has 0 spiro atoms. The molecule has 2 aromatic carbocycles. The zero-order valence-corrected chi connectivity index (χ0v) is 20.1. The Morgan fingerprint density at radius 3 is 2.55 bits per heavy atom. The standard InChI is InChI=1S/C26H26N2O4S/c1-15(2)32-25(30)22-17(4)27-26-28(23(22)19-9-7-6-8-10-19)24(29)21(33-26)14-18-12-11-16(3)20(13-18)31-5/h6-15,23H,1-5H3. The van der Waals surface area contributed by atoms with E-state index in [1.807, 2.05) is 61.5 Å². The number of hydrogen-bond acceptors (Lipinski definition) is 6. The Kier molecular flexibility index (Phi) is 6.33. The molecule has 1 aromatic heterocycles. The van der Waals surface area contributed by atoms with Gasteiger partial charge in [-0.05, 0) is 56.5 Å². The van der Waals surface area contributed by atoms with Gasteiger partial charge in [-0.2, -0.15) is 0 Å². The molecule has 1 unspecified atom stereocenters. The second-order valence-corrected chi connectivity index (χ2v) is 9.18. The fourth-order valence-electron chi connectivity index (χ4n) is 3.89. The van der Waals surface area contributed by atoms with Gasteiger partial charge in [0.25, 0.3) is 5.56 Å². The van der Waals surface area contributed by atoms with Crippen molar-refractivity contribution in [2.24, 2.45) is 4.99 Å². The lowest BCUT2D eigenvalue weighted by Gasteiger charge is -2.25. The van der Waals surface area contributed by atoms with Gasteiger partial charge in [0.15, 0.2) is 4.80 Å². The second kappa shape index (κ2) is 9.19. The summed E-state index contributed by atoms with van der Waals surface area (Å²) in [7, 11) is 1.63. The molecule has 1 aliphatic rings. The number of allylic oxidation sites excluding steroid dienone is 1. The van der Waals surface area contributed by atoms with Gasteiger partial charge in [-0.15, -0.1) is 0 Å². The zero-order chi connectivity index (χ0) is 23.7. The monoisotopic (exact) mass is 462 g/mol. The predicted octanol–water partition coefficient (Wildman–Crippen LogP) is 3.50. The highest BCUT2D eigenvalue weighted by molar-refractivity contribution is 7.07. The number of aromatic nitrogens is 1. The van der Waals surface area contributed by atoms with E-state index in [-0.39, 0.29) is 11.7 Å². The van der Waals surface area contributed by atoms with Gasteiger partial charge in [0, 0.05) is 0 Å². The average Bonchev–Trinajstić information content (AvgIpc) is 3.08. The zero-order valence-electron chi connectivity index (χ0n) is 19.3.